The third-order valence-corrected chi connectivity index (χ3v) is 4.97. The average Bonchev–Trinajstić information content (AvgIpc) is 3.10. The molecule has 0 radical (unpaired) electrons. The molecular weight excluding hydrogens is 372 g/mol. The lowest BCUT2D eigenvalue weighted by molar-refractivity contribution is -0.123. The summed E-state index contributed by atoms with van der Waals surface area (Å²) in [5.41, 5.74) is 3.00. The molecule has 1 aliphatic rings. The Bertz CT molecular complexity index is 1090. The second-order valence-corrected chi connectivity index (χ2v) is 7.28. The van der Waals surface area contributed by atoms with Gasteiger partial charge >= 0.3 is 5.97 Å². The minimum atomic E-state index is -0.997. The minimum absolute atomic E-state index is 0.281. The molecule has 0 bridgehead atoms. The summed E-state index contributed by atoms with van der Waals surface area (Å²) in [6, 6.07) is 9.09. The van der Waals surface area contributed by atoms with E-state index in [-0.39, 0.29) is 5.82 Å². The summed E-state index contributed by atoms with van der Waals surface area (Å²) in [5, 5.41) is 7.03. The van der Waals surface area contributed by atoms with Crippen LogP contribution in [0.3, 0.4) is 0 Å². The molecule has 1 aliphatic heterocycles. The highest BCUT2D eigenvalue weighted by molar-refractivity contribution is 6.06. The number of fused-ring (bicyclic) bond motifs is 2. The Balaban J connectivity index is 1.62. The first kappa shape index (κ1) is 19.1. The lowest BCUT2D eigenvalue weighted by atomic mass is 9.96. The van der Waals surface area contributed by atoms with Gasteiger partial charge in [-0.15, -0.1) is 0 Å². The minimum Gasteiger partial charge on any atom is -0.449 e. The standard InChI is InChI=1S/C21H22N4O4/c1-12-10-18(24-29-12)23-20(26)13(2)28-21(27)19-14-6-4-5-7-16(14)22-17-8-9-25(3)11-15(17)19/h4-7,10,13H,8-9,11H2,1-3H3,(H,23,24,26). The Hall–Kier alpha value is -3.26. The van der Waals surface area contributed by atoms with Gasteiger partial charge in [0.25, 0.3) is 5.91 Å². The number of ether oxygens (including phenoxy) is 1. The van der Waals surface area contributed by atoms with Gasteiger partial charge in [-0.05, 0) is 27.0 Å². The largest absolute Gasteiger partial charge is 0.449 e. The van der Waals surface area contributed by atoms with Gasteiger partial charge in [0.2, 0.25) is 0 Å². The number of esters is 1. The summed E-state index contributed by atoms with van der Waals surface area (Å²) in [6.07, 6.45) is -0.234. The molecule has 2 aromatic heterocycles. The van der Waals surface area contributed by atoms with Gasteiger partial charge in [-0.3, -0.25) is 9.78 Å². The fourth-order valence-electron chi connectivity index (χ4n) is 3.48. The maximum atomic E-state index is 13.1. The Kier molecular flexibility index (Phi) is 5.02. The Morgan fingerprint density at radius 1 is 1.31 bits per heavy atom. The number of amides is 1. The van der Waals surface area contributed by atoms with Crippen molar-refractivity contribution < 1.29 is 18.8 Å². The first-order chi connectivity index (χ1) is 13.9. The van der Waals surface area contributed by atoms with Gasteiger partial charge in [-0.2, -0.15) is 0 Å². The predicted octanol–water partition coefficient (Wildman–Crippen LogP) is 2.70. The lowest BCUT2D eigenvalue weighted by Gasteiger charge is -2.27. The molecule has 0 saturated carbocycles. The van der Waals surface area contributed by atoms with Crippen molar-refractivity contribution in [3.05, 3.63) is 52.9 Å². The molecule has 8 nitrogen and oxygen atoms in total. The van der Waals surface area contributed by atoms with Gasteiger partial charge in [-0.1, -0.05) is 23.4 Å². The molecule has 3 heterocycles. The van der Waals surface area contributed by atoms with Crippen LogP contribution in [-0.4, -0.2) is 46.6 Å². The van der Waals surface area contributed by atoms with Crippen molar-refractivity contribution in [1.29, 1.82) is 0 Å². The molecule has 1 N–H and O–H groups in total. The molecule has 0 spiro atoms. The molecule has 0 aliphatic carbocycles. The summed E-state index contributed by atoms with van der Waals surface area (Å²) < 4.78 is 10.5. The number of aryl methyl sites for hydroxylation is 1. The van der Waals surface area contributed by atoms with E-state index < -0.39 is 18.0 Å². The van der Waals surface area contributed by atoms with Crippen LogP contribution in [0.5, 0.6) is 0 Å². The first-order valence-electron chi connectivity index (χ1n) is 9.46. The second-order valence-electron chi connectivity index (χ2n) is 7.28. The number of nitrogens with zero attached hydrogens (tertiary/aromatic N) is 3. The number of para-hydroxylation sites is 1. The van der Waals surface area contributed by atoms with Gasteiger partial charge in [0.1, 0.15) is 5.76 Å². The number of likely N-dealkylation sites (N-methyl/N-ethyl adjacent to an activating group) is 1. The van der Waals surface area contributed by atoms with E-state index >= 15 is 0 Å². The van der Waals surface area contributed by atoms with Crippen LogP contribution in [0.15, 0.2) is 34.9 Å². The van der Waals surface area contributed by atoms with E-state index in [2.05, 4.69) is 15.4 Å². The third-order valence-electron chi connectivity index (χ3n) is 4.97. The number of pyridine rings is 1. The molecule has 0 saturated heterocycles. The van der Waals surface area contributed by atoms with Crippen LogP contribution in [0.4, 0.5) is 5.82 Å². The van der Waals surface area contributed by atoms with E-state index in [0.717, 1.165) is 35.1 Å². The molecule has 0 fully saturated rings. The smallest absolute Gasteiger partial charge is 0.339 e. The lowest BCUT2D eigenvalue weighted by Crippen LogP contribution is -2.32. The third kappa shape index (κ3) is 3.84. The summed E-state index contributed by atoms with van der Waals surface area (Å²) in [4.78, 5) is 32.4. The van der Waals surface area contributed by atoms with Crippen LogP contribution in [0.2, 0.25) is 0 Å². The highest BCUT2D eigenvalue weighted by atomic mass is 16.5. The maximum Gasteiger partial charge on any atom is 0.339 e. The Morgan fingerprint density at radius 3 is 2.86 bits per heavy atom. The van der Waals surface area contributed by atoms with Gasteiger partial charge < -0.3 is 19.5 Å². The van der Waals surface area contributed by atoms with Crippen LogP contribution >= 0.6 is 0 Å². The van der Waals surface area contributed by atoms with Crippen molar-refractivity contribution in [1.82, 2.24) is 15.0 Å². The zero-order valence-electron chi connectivity index (χ0n) is 16.6. The van der Waals surface area contributed by atoms with Crippen molar-refractivity contribution in [2.75, 3.05) is 18.9 Å². The number of carbonyl (C=O) groups excluding carboxylic acids is 2. The zero-order chi connectivity index (χ0) is 20.5. The molecule has 8 heteroatoms. The number of nitrogens with one attached hydrogen (secondary N) is 1. The average molecular weight is 394 g/mol. The summed E-state index contributed by atoms with van der Waals surface area (Å²) >= 11 is 0. The summed E-state index contributed by atoms with van der Waals surface area (Å²) in [6.45, 7) is 4.74. The van der Waals surface area contributed by atoms with Crippen LogP contribution in [0.25, 0.3) is 10.9 Å². The highest BCUT2D eigenvalue weighted by Gasteiger charge is 2.28. The first-order valence-corrected chi connectivity index (χ1v) is 9.46. The normalized spacial score (nSPS) is 15.0. The number of hydrogen-bond donors (Lipinski definition) is 1. The maximum absolute atomic E-state index is 13.1. The van der Waals surface area contributed by atoms with Crippen molar-refractivity contribution >= 4 is 28.6 Å². The zero-order valence-corrected chi connectivity index (χ0v) is 16.6. The second kappa shape index (κ2) is 7.63. The topological polar surface area (TPSA) is 97.6 Å². The quantitative estimate of drug-likeness (QED) is 0.680. The molecule has 3 aromatic rings. The highest BCUT2D eigenvalue weighted by Crippen LogP contribution is 2.28. The van der Waals surface area contributed by atoms with Crippen molar-refractivity contribution in [3.8, 4) is 0 Å². The SMILES string of the molecule is Cc1cc(NC(=O)C(C)OC(=O)c2c3c(nc4ccccc24)CCN(C)C3)no1. The van der Waals surface area contributed by atoms with Crippen LogP contribution in [0, 0.1) is 6.92 Å². The summed E-state index contributed by atoms with van der Waals surface area (Å²) in [5.74, 6) is -0.155. The molecule has 29 heavy (non-hydrogen) atoms. The van der Waals surface area contributed by atoms with Crippen molar-refractivity contribution in [2.45, 2.75) is 32.9 Å². The molecule has 150 valence electrons. The van der Waals surface area contributed by atoms with Crippen molar-refractivity contribution in [3.63, 3.8) is 0 Å². The number of rotatable bonds is 4. The molecule has 1 atom stereocenters. The van der Waals surface area contributed by atoms with Gasteiger partial charge in [-0.25, -0.2) is 4.79 Å². The monoisotopic (exact) mass is 394 g/mol. The van der Waals surface area contributed by atoms with E-state index in [4.69, 9.17) is 14.2 Å². The summed E-state index contributed by atoms with van der Waals surface area (Å²) in [7, 11) is 2.00. The van der Waals surface area contributed by atoms with Gasteiger partial charge in [0, 0.05) is 42.2 Å². The number of aromatic nitrogens is 2. The van der Waals surface area contributed by atoms with Crippen LogP contribution < -0.4 is 5.32 Å². The van der Waals surface area contributed by atoms with E-state index in [9.17, 15) is 9.59 Å². The van der Waals surface area contributed by atoms with E-state index in [1.165, 1.54) is 6.92 Å². The van der Waals surface area contributed by atoms with Crippen LogP contribution in [-0.2, 0) is 22.5 Å². The van der Waals surface area contributed by atoms with Crippen LogP contribution in [0.1, 0.15) is 34.3 Å². The molecule has 1 aromatic carbocycles. The molecule has 1 amide bonds. The van der Waals surface area contributed by atoms with Gasteiger partial charge in [0.05, 0.1) is 11.1 Å². The van der Waals surface area contributed by atoms with Gasteiger partial charge in [0.15, 0.2) is 11.9 Å². The predicted molar refractivity (Wildman–Crippen MR) is 107 cm³/mol. The molecule has 4 rings (SSSR count). The molecular formula is C21H22N4O4. The number of hydrogen-bond acceptors (Lipinski definition) is 7. The van der Waals surface area contributed by atoms with E-state index in [0.29, 0.717) is 17.9 Å². The number of anilines is 1. The Morgan fingerprint density at radius 2 is 2.10 bits per heavy atom. The van der Waals surface area contributed by atoms with E-state index in [1.807, 2.05) is 31.3 Å². The number of benzene rings is 1. The fraction of sp³-hybridized carbons (Fsp3) is 0.333. The number of carbonyl (C=O) groups is 2. The fourth-order valence-corrected chi connectivity index (χ4v) is 3.48. The van der Waals surface area contributed by atoms with Crippen molar-refractivity contribution in [2.24, 2.45) is 0 Å². The molecule has 1 unspecified atom stereocenters. The van der Waals surface area contributed by atoms with E-state index in [1.54, 1.807) is 13.0 Å². The Labute approximate surface area is 167 Å².